The minimum Gasteiger partial charge on any atom is -0.366 e. The van der Waals surface area contributed by atoms with Gasteiger partial charge >= 0.3 is 0 Å². The number of benzene rings is 1. The fraction of sp³-hybridized carbons (Fsp3) is 0.0714. The lowest BCUT2D eigenvalue weighted by Gasteiger charge is -2.07. The summed E-state index contributed by atoms with van der Waals surface area (Å²) in [5, 5.41) is 2.48. The van der Waals surface area contributed by atoms with Crippen LogP contribution in [0.5, 0.6) is 0 Å². The molecule has 0 spiro atoms. The summed E-state index contributed by atoms with van der Waals surface area (Å²) >= 11 is 5.74. The highest BCUT2D eigenvalue weighted by molar-refractivity contribution is 6.32. The van der Waals surface area contributed by atoms with Crippen molar-refractivity contribution in [2.24, 2.45) is 5.73 Å². The van der Waals surface area contributed by atoms with Gasteiger partial charge < -0.3 is 11.1 Å². The van der Waals surface area contributed by atoms with E-state index in [1.165, 1.54) is 0 Å². The van der Waals surface area contributed by atoms with E-state index in [1.54, 1.807) is 24.3 Å². The molecule has 108 valence electrons. The Hall–Kier alpha value is -2.47. The van der Waals surface area contributed by atoms with E-state index in [0.717, 1.165) is 12.3 Å². The lowest BCUT2D eigenvalue weighted by atomic mass is 10.1. The monoisotopic (exact) mass is 307 g/mol. The molecule has 0 bridgehead atoms. The molecular weight excluding hydrogens is 297 g/mol. The molecule has 7 heteroatoms. The first-order chi connectivity index (χ1) is 9.97. The third kappa shape index (κ3) is 3.76. The van der Waals surface area contributed by atoms with Crippen LogP contribution in [0.25, 0.3) is 0 Å². The second-order valence-corrected chi connectivity index (χ2v) is 4.60. The maximum absolute atomic E-state index is 13.1. The molecule has 0 saturated heterocycles. The van der Waals surface area contributed by atoms with Crippen molar-refractivity contribution in [1.82, 2.24) is 10.3 Å². The van der Waals surface area contributed by atoms with E-state index in [0.29, 0.717) is 11.1 Å². The number of hydrogen-bond acceptors (Lipinski definition) is 3. The number of nitrogens with zero attached hydrogens (tertiary/aromatic N) is 1. The normalized spacial score (nSPS) is 10.2. The number of amides is 2. The van der Waals surface area contributed by atoms with Gasteiger partial charge in [-0.1, -0.05) is 23.7 Å². The van der Waals surface area contributed by atoms with E-state index < -0.39 is 17.6 Å². The number of nitrogens with one attached hydrogen (secondary N) is 1. The van der Waals surface area contributed by atoms with Crippen molar-refractivity contribution in [2.75, 3.05) is 0 Å². The molecule has 21 heavy (non-hydrogen) atoms. The minimum atomic E-state index is -0.653. The highest BCUT2D eigenvalue weighted by atomic mass is 35.5. The van der Waals surface area contributed by atoms with Crippen molar-refractivity contribution in [1.29, 1.82) is 0 Å². The van der Waals surface area contributed by atoms with Gasteiger partial charge in [0.05, 0.1) is 11.8 Å². The van der Waals surface area contributed by atoms with E-state index in [9.17, 15) is 14.0 Å². The zero-order valence-electron chi connectivity index (χ0n) is 10.8. The molecule has 0 aliphatic rings. The second kappa shape index (κ2) is 6.32. The Kier molecular flexibility index (Phi) is 4.49. The maximum Gasteiger partial charge on any atom is 0.254 e. The van der Waals surface area contributed by atoms with Crippen LogP contribution in [-0.2, 0) is 6.54 Å². The highest BCUT2D eigenvalue weighted by Gasteiger charge is 2.12. The molecule has 0 aliphatic heterocycles. The van der Waals surface area contributed by atoms with E-state index in [-0.39, 0.29) is 17.3 Å². The fourth-order valence-corrected chi connectivity index (χ4v) is 1.88. The molecule has 0 atom stereocenters. The van der Waals surface area contributed by atoms with Crippen molar-refractivity contribution in [2.45, 2.75) is 6.54 Å². The van der Waals surface area contributed by atoms with Crippen LogP contribution in [0.2, 0.25) is 5.15 Å². The Bertz CT molecular complexity index is 706. The van der Waals surface area contributed by atoms with E-state index in [4.69, 9.17) is 17.3 Å². The molecular formula is C14H11ClFN3O2. The number of rotatable bonds is 4. The molecule has 0 aliphatic carbocycles. The largest absolute Gasteiger partial charge is 0.366 e. The van der Waals surface area contributed by atoms with E-state index >= 15 is 0 Å². The molecule has 1 heterocycles. The van der Waals surface area contributed by atoms with Crippen molar-refractivity contribution in [3.8, 4) is 0 Å². The summed E-state index contributed by atoms with van der Waals surface area (Å²) in [6, 6.07) is 7.51. The van der Waals surface area contributed by atoms with Gasteiger partial charge in [-0.15, -0.1) is 0 Å². The zero-order chi connectivity index (χ0) is 15.4. The van der Waals surface area contributed by atoms with Crippen LogP contribution in [0.1, 0.15) is 26.3 Å². The van der Waals surface area contributed by atoms with Crippen LogP contribution in [0.3, 0.4) is 0 Å². The quantitative estimate of drug-likeness (QED) is 0.846. The molecule has 3 N–H and O–H groups in total. The Labute approximate surface area is 124 Å². The van der Waals surface area contributed by atoms with Gasteiger partial charge in [0.25, 0.3) is 5.91 Å². The van der Waals surface area contributed by atoms with Gasteiger partial charge in [-0.3, -0.25) is 9.59 Å². The number of halogens is 2. The molecule has 2 amide bonds. The zero-order valence-corrected chi connectivity index (χ0v) is 11.5. The Morgan fingerprint density at radius 1 is 1.33 bits per heavy atom. The SMILES string of the molecule is NC(=O)c1cccc(CNC(=O)c2cc(F)cnc2Cl)c1. The number of hydrogen-bond donors (Lipinski definition) is 2. The molecule has 0 unspecified atom stereocenters. The third-order valence-electron chi connectivity index (χ3n) is 2.71. The summed E-state index contributed by atoms with van der Waals surface area (Å²) in [4.78, 5) is 26.5. The molecule has 2 rings (SSSR count). The number of carbonyl (C=O) groups excluding carboxylic acids is 2. The highest BCUT2D eigenvalue weighted by Crippen LogP contribution is 2.14. The first kappa shape index (κ1) is 14.9. The average molecular weight is 308 g/mol. The first-order valence-corrected chi connectivity index (χ1v) is 6.33. The van der Waals surface area contributed by atoms with Crippen molar-refractivity contribution in [3.63, 3.8) is 0 Å². The van der Waals surface area contributed by atoms with Gasteiger partial charge in [-0.2, -0.15) is 0 Å². The summed E-state index contributed by atoms with van der Waals surface area (Å²) in [6.07, 6.45) is 0.926. The van der Waals surface area contributed by atoms with Crippen LogP contribution in [-0.4, -0.2) is 16.8 Å². The molecule has 0 radical (unpaired) electrons. The number of primary amides is 1. The Morgan fingerprint density at radius 2 is 2.10 bits per heavy atom. The van der Waals surface area contributed by atoms with Crippen molar-refractivity contribution < 1.29 is 14.0 Å². The average Bonchev–Trinajstić information content (AvgIpc) is 2.47. The molecule has 0 saturated carbocycles. The van der Waals surface area contributed by atoms with Crippen LogP contribution in [0.4, 0.5) is 4.39 Å². The molecule has 2 aromatic rings. The molecule has 0 fully saturated rings. The van der Waals surface area contributed by atoms with Gasteiger partial charge in [-0.25, -0.2) is 9.37 Å². The summed E-state index contributed by atoms with van der Waals surface area (Å²) in [6.45, 7) is 0.146. The lowest BCUT2D eigenvalue weighted by Crippen LogP contribution is -2.23. The fourth-order valence-electron chi connectivity index (χ4n) is 1.69. The summed E-state index contributed by atoms with van der Waals surface area (Å²) in [5.74, 6) is -1.77. The molecule has 1 aromatic carbocycles. The van der Waals surface area contributed by atoms with Gasteiger partial charge in [0.2, 0.25) is 5.91 Å². The number of carbonyl (C=O) groups is 2. The van der Waals surface area contributed by atoms with Crippen molar-refractivity contribution in [3.05, 3.63) is 64.2 Å². The molecule has 5 nitrogen and oxygen atoms in total. The maximum atomic E-state index is 13.1. The van der Waals surface area contributed by atoms with Gasteiger partial charge in [0, 0.05) is 12.1 Å². The Balaban J connectivity index is 2.09. The summed E-state index contributed by atoms with van der Waals surface area (Å²) in [5.41, 5.74) is 6.14. The van der Waals surface area contributed by atoms with Crippen LogP contribution in [0.15, 0.2) is 36.5 Å². The summed E-state index contributed by atoms with van der Waals surface area (Å²) < 4.78 is 13.1. The predicted molar refractivity (Wildman–Crippen MR) is 75.3 cm³/mol. The van der Waals surface area contributed by atoms with Crippen molar-refractivity contribution >= 4 is 23.4 Å². The number of aromatic nitrogens is 1. The molecule has 1 aromatic heterocycles. The first-order valence-electron chi connectivity index (χ1n) is 5.95. The van der Waals surface area contributed by atoms with Crippen LogP contribution < -0.4 is 11.1 Å². The van der Waals surface area contributed by atoms with Crippen LogP contribution >= 0.6 is 11.6 Å². The number of pyridine rings is 1. The van der Waals surface area contributed by atoms with Gasteiger partial charge in [-0.05, 0) is 23.8 Å². The summed E-state index contributed by atoms with van der Waals surface area (Å²) in [7, 11) is 0. The lowest BCUT2D eigenvalue weighted by molar-refractivity contribution is 0.0949. The third-order valence-corrected chi connectivity index (χ3v) is 3.02. The second-order valence-electron chi connectivity index (χ2n) is 4.24. The Morgan fingerprint density at radius 3 is 2.81 bits per heavy atom. The topological polar surface area (TPSA) is 85.1 Å². The van der Waals surface area contributed by atoms with E-state index in [1.807, 2.05) is 0 Å². The standard InChI is InChI=1S/C14H11ClFN3O2/c15-12-11(5-10(16)7-18-12)14(21)19-6-8-2-1-3-9(4-8)13(17)20/h1-5,7H,6H2,(H2,17,20)(H,19,21). The van der Waals surface area contributed by atoms with Gasteiger partial charge in [0.1, 0.15) is 11.0 Å². The minimum absolute atomic E-state index is 0.0530. The van der Waals surface area contributed by atoms with E-state index in [2.05, 4.69) is 10.3 Å². The predicted octanol–water partition coefficient (Wildman–Crippen LogP) is 1.90. The number of nitrogens with two attached hydrogens (primary N) is 1. The van der Waals surface area contributed by atoms with Gasteiger partial charge in [0.15, 0.2) is 0 Å². The smallest absolute Gasteiger partial charge is 0.254 e. The van der Waals surface area contributed by atoms with Crippen LogP contribution in [0, 0.1) is 5.82 Å².